The van der Waals surface area contributed by atoms with Crippen LogP contribution < -0.4 is 0 Å². The summed E-state index contributed by atoms with van der Waals surface area (Å²) in [6.07, 6.45) is 3.27. The topological polar surface area (TPSA) is 82.5 Å². The molecule has 7 nitrogen and oxygen atoms in total. The van der Waals surface area contributed by atoms with Gasteiger partial charge in [0.2, 0.25) is 5.82 Å². The number of pyridine rings is 1. The summed E-state index contributed by atoms with van der Waals surface area (Å²) < 4.78 is 21.4. The molecule has 0 aliphatic rings. The van der Waals surface area contributed by atoms with Crippen molar-refractivity contribution >= 4 is 0 Å². The lowest BCUT2D eigenvalue weighted by atomic mass is 10.1. The molecule has 0 N–H and O–H groups in total. The van der Waals surface area contributed by atoms with Crippen molar-refractivity contribution in [2.45, 2.75) is 0 Å². The van der Waals surface area contributed by atoms with Crippen molar-refractivity contribution in [3.8, 4) is 39.9 Å². The van der Waals surface area contributed by atoms with Crippen LogP contribution in [0, 0.1) is 12.7 Å². The molecule has 0 aliphatic carbocycles. The third-order valence-electron chi connectivity index (χ3n) is 4.55. The maximum absolute atomic E-state index is 14.5. The number of para-hydroxylation sites is 1. The predicted molar refractivity (Wildman–Crippen MR) is 108 cm³/mol. The fourth-order valence-electron chi connectivity index (χ4n) is 3.08. The van der Waals surface area contributed by atoms with E-state index in [1.165, 1.54) is 10.7 Å². The molecule has 0 amide bonds. The zero-order valence-electron chi connectivity index (χ0n) is 15.6. The third-order valence-corrected chi connectivity index (χ3v) is 4.55. The molecule has 30 heavy (non-hydrogen) atoms. The van der Waals surface area contributed by atoms with E-state index in [2.05, 4.69) is 32.4 Å². The minimum Gasteiger partial charge on any atom is -0.332 e. The lowest BCUT2D eigenvalue weighted by Crippen LogP contribution is -2.02. The Labute approximate surface area is 170 Å². The summed E-state index contributed by atoms with van der Waals surface area (Å²) in [6.45, 7) is 3.87. The first-order valence-corrected chi connectivity index (χ1v) is 9.08. The van der Waals surface area contributed by atoms with Crippen LogP contribution in [0.5, 0.6) is 0 Å². The summed E-state index contributed by atoms with van der Waals surface area (Å²) in [5, 5.41) is 12.4. The molecule has 3 heterocycles. The second-order valence-electron chi connectivity index (χ2n) is 6.51. The molecule has 0 saturated heterocycles. The smallest absolute Gasteiger partial charge is 0.281 e. The Morgan fingerprint density at radius 3 is 2.43 bits per heavy atom. The number of hydrogen-bond acceptors (Lipinski definition) is 6. The summed E-state index contributed by atoms with van der Waals surface area (Å²) in [5.74, 6) is 0.160. The Morgan fingerprint density at radius 2 is 1.67 bits per heavy atom. The van der Waals surface area contributed by atoms with Crippen LogP contribution in [-0.4, -0.2) is 30.1 Å². The SMILES string of the molecule is [CH2]c1ccc(-c2noc(-c3nnn(-c4ccccc4F)c3-c3ccncc3)n2)cc1. The molecule has 0 spiro atoms. The zero-order chi connectivity index (χ0) is 20.5. The molecule has 5 rings (SSSR count). The van der Waals surface area contributed by atoms with Crippen molar-refractivity contribution in [3.05, 3.63) is 91.4 Å². The average Bonchev–Trinajstić information content (AvgIpc) is 3.43. The van der Waals surface area contributed by atoms with Gasteiger partial charge in [-0.15, -0.1) is 5.10 Å². The first-order valence-electron chi connectivity index (χ1n) is 9.08. The second-order valence-corrected chi connectivity index (χ2v) is 6.51. The van der Waals surface area contributed by atoms with E-state index in [4.69, 9.17) is 4.52 Å². The van der Waals surface area contributed by atoms with Gasteiger partial charge < -0.3 is 4.52 Å². The molecule has 0 atom stereocenters. The molecular formula is C22H14FN6O. The van der Waals surface area contributed by atoms with E-state index in [0.717, 1.165) is 16.7 Å². The third kappa shape index (κ3) is 3.14. The van der Waals surface area contributed by atoms with Crippen LogP contribution in [-0.2, 0) is 0 Å². The highest BCUT2D eigenvalue weighted by molar-refractivity contribution is 5.76. The van der Waals surface area contributed by atoms with Crippen LogP contribution in [0.15, 0.2) is 77.6 Å². The van der Waals surface area contributed by atoms with Crippen molar-refractivity contribution in [3.63, 3.8) is 0 Å². The van der Waals surface area contributed by atoms with Gasteiger partial charge in [-0.2, -0.15) is 4.98 Å². The lowest BCUT2D eigenvalue weighted by Gasteiger charge is -2.08. The van der Waals surface area contributed by atoms with Gasteiger partial charge >= 0.3 is 0 Å². The van der Waals surface area contributed by atoms with Gasteiger partial charge in [0.05, 0.1) is 0 Å². The van der Waals surface area contributed by atoms with Crippen molar-refractivity contribution < 1.29 is 8.91 Å². The molecule has 3 aromatic heterocycles. The predicted octanol–water partition coefficient (Wildman–Crippen LogP) is 4.37. The van der Waals surface area contributed by atoms with Crippen LogP contribution >= 0.6 is 0 Å². The van der Waals surface area contributed by atoms with Gasteiger partial charge in [0.25, 0.3) is 5.89 Å². The minimum atomic E-state index is -0.427. The fraction of sp³-hybridized carbons (Fsp3) is 0. The summed E-state index contributed by atoms with van der Waals surface area (Å²) >= 11 is 0. The first-order chi connectivity index (χ1) is 14.7. The summed E-state index contributed by atoms with van der Waals surface area (Å²) in [6, 6.07) is 17.3. The maximum Gasteiger partial charge on any atom is 0.281 e. The first kappa shape index (κ1) is 17.9. The van der Waals surface area contributed by atoms with E-state index in [0.29, 0.717) is 17.2 Å². The molecule has 0 fully saturated rings. The highest BCUT2D eigenvalue weighted by Crippen LogP contribution is 2.32. The van der Waals surface area contributed by atoms with E-state index < -0.39 is 5.82 Å². The van der Waals surface area contributed by atoms with Crippen LogP contribution in [0.4, 0.5) is 4.39 Å². The molecule has 5 aromatic rings. The highest BCUT2D eigenvalue weighted by Gasteiger charge is 2.24. The van der Waals surface area contributed by atoms with Crippen molar-refractivity contribution in [2.24, 2.45) is 0 Å². The van der Waals surface area contributed by atoms with Crippen LogP contribution in [0.3, 0.4) is 0 Å². The normalized spacial score (nSPS) is 11.0. The quantitative estimate of drug-likeness (QED) is 0.448. The van der Waals surface area contributed by atoms with E-state index in [-0.39, 0.29) is 11.6 Å². The maximum atomic E-state index is 14.5. The number of halogens is 1. The second kappa shape index (κ2) is 7.32. The van der Waals surface area contributed by atoms with Gasteiger partial charge in [-0.1, -0.05) is 46.8 Å². The van der Waals surface area contributed by atoms with Gasteiger partial charge in [0.1, 0.15) is 17.2 Å². The van der Waals surface area contributed by atoms with Crippen LogP contribution in [0.25, 0.3) is 39.9 Å². The molecule has 0 saturated carbocycles. The van der Waals surface area contributed by atoms with E-state index in [1.807, 2.05) is 24.3 Å². The fourth-order valence-corrected chi connectivity index (χ4v) is 3.08. The Bertz CT molecular complexity index is 1310. The van der Waals surface area contributed by atoms with E-state index >= 15 is 0 Å². The van der Waals surface area contributed by atoms with Gasteiger partial charge in [0.15, 0.2) is 5.69 Å². The number of nitrogens with zero attached hydrogens (tertiary/aromatic N) is 6. The van der Waals surface area contributed by atoms with Crippen LogP contribution in [0.1, 0.15) is 5.56 Å². The van der Waals surface area contributed by atoms with Crippen LogP contribution in [0.2, 0.25) is 0 Å². The standard InChI is InChI=1S/C22H14FN6O/c1-14-6-8-16(9-7-14)21-25-22(30-27-21)19-20(15-10-12-24-13-11-15)29(28-26-19)18-5-3-2-4-17(18)23/h2-13H,1H2. The monoisotopic (exact) mass is 397 g/mol. The molecule has 0 aliphatic heterocycles. The highest BCUT2D eigenvalue weighted by atomic mass is 19.1. The Hall–Kier alpha value is -4.20. The molecule has 0 unspecified atom stereocenters. The zero-order valence-corrected chi connectivity index (χ0v) is 15.6. The average molecular weight is 397 g/mol. The summed E-state index contributed by atoms with van der Waals surface area (Å²) in [7, 11) is 0. The Kier molecular flexibility index (Phi) is 4.36. The van der Waals surface area contributed by atoms with Crippen molar-refractivity contribution in [2.75, 3.05) is 0 Å². The summed E-state index contributed by atoms with van der Waals surface area (Å²) in [4.78, 5) is 8.52. The molecule has 0 bridgehead atoms. The molecule has 1 radical (unpaired) electrons. The van der Waals surface area contributed by atoms with Gasteiger partial charge in [-0.25, -0.2) is 9.07 Å². The van der Waals surface area contributed by atoms with Crippen molar-refractivity contribution in [1.82, 2.24) is 30.1 Å². The number of rotatable bonds is 4. The Balaban J connectivity index is 1.66. The van der Waals surface area contributed by atoms with E-state index in [1.54, 1.807) is 42.7 Å². The largest absolute Gasteiger partial charge is 0.332 e. The number of benzene rings is 2. The molecule has 2 aromatic carbocycles. The summed E-state index contributed by atoms with van der Waals surface area (Å²) in [5.41, 5.74) is 3.52. The van der Waals surface area contributed by atoms with Gasteiger partial charge in [0, 0.05) is 23.5 Å². The minimum absolute atomic E-state index is 0.179. The van der Waals surface area contributed by atoms with Crippen molar-refractivity contribution in [1.29, 1.82) is 0 Å². The van der Waals surface area contributed by atoms with Gasteiger partial charge in [-0.05, 0) is 36.8 Å². The number of aromatic nitrogens is 6. The van der Waals surface area contributed by atoms with E-state index in [9.17, 15) is 4.39 Å². The molecule has 145 valence electrons. The Morgan fingerprint density at radius 1 is 0.900 bits per heavy atom. The molecule has 8 heteroatoms. The van der Waals surface area contributed by atoms with Gasteiger partial charge in [-0.3, -0.25) is 4.98 Å². The number of hydrogen-bond donors (Lipinski definition) is 0. The molecular weight excluding hydrogens is 383 g/mol. The lowest BCUT2D eigenvalue weighted by molar-refractivity contribution is 0.431.